The van der Waals surface area contributed by atoms with E-state index in [0.29, 0.717) is 0 Å². The maximum Gasteiger partial charge on any atom is 0.387 e. The molecule has 1 aromatic carbocycles. The van der Waals surface area contributed by atoms with Crippen molar-refractivity contribution in [2.75, 3.05) is 6.61 Å². The highest BCUT2D eigenvalue weighted by Crippen LogP contribution is 2.29. The molecule has 0 saturated carbocycles. The molecule has 0 atom stereocenters. The van der Waals surface area contributed by atoms with Crippen molar-refractivity contribution < 1.29 is 28.2 Å². The second-order valence-corrected chi connectivity index (χ2v) is 3.45. The van der Waals surface area contributed by atoms with Gasteiger partial charge in [0.15, 0.2) is 0 Å². The van der Waals surface area contributed by atoms with E-state index in [0.717, 1.165) is 12.1 Å². The van der Waals surface area contributed by atoms with Crippen LogP contribution in [0.1, 0.15) is 18.1 Å². The molecule has 0 bridgehead atoms. The van der Waals surface area contributed by atoms with Crippen molar-refractivity contribution in [3.63, 3.8) is 0 Å². The number of rotatable bonds is 5. The summed E-state index contributed by atoms with van der Waals surface area (Å²) in [5, 5.41) is 18.2. The molecule has 0 fully saturated rings. The first-order chi connectivity index (χ1) is 8.97. The number of benzene rings is 1. The molecule has 0 aliphatic heterocycles. The lowest BCUT2D eigenvalue weighted by Crippen LogP contribution is -2.11. The van der Waals surface area contributed by atoms with Crippen LogP contribution < -0.4 is 4.74 Å². The number of nitriles is 1. The maximum absolute atomic E-state index is 12.2. The van der Waals surface area contributed by atoms with Gasteiger partial charge in [0, 0.05) is 11.6 Å². The van der Waals surface area contributed by atoms with Crippen LogP contribution in [0, 0.1) is 11.3 Å². The van der Waals surface area contributed by atoms with E-state index in [2.05, 4.69) is 9.47 Å². The largest absolute Gasteiger partial charge is 0.507 e. The highest BCUT2D eigenvalue weighted by molar-refractivity contribution is 5.74. The van der Waals surface area contributed by atoms with Crippen molar-refractivity contribution in [1.29, 1.82) is 5.26 Å². The van der Waals surface area contributed by atoms with E-state index < -0.39 is 18.3 Å². The number of phenols is 1. The number of phenolic OH excluding ortho intramolecular Hbond substituents is 1. The van der Waals surface area contributed by atoms with E-state index in [9.17, 15) is 18.7 Å². The van der Waals surface area contributed by atoms with Gasteiger partial charge in [-0.25, -0.2) is 0 Å². The Morgan fingerprint density at radius 1 is 1.53 bits per heavy atom. The van der Waals surface area contributed by atoms with Gasteiger partial charge >= 0.3 is 12.6 Å². The van der Waals surface area contributed by atoms with E-state index in [-0.39, 0.29) is 29.9 Å². The topological polar surface area (TPSA) is 79.5 Å². The highest BCUT2D eigenvalue weighted by atomic mass is 19.3. The predicted octanol–water partition coefficient (Wildman–Crippen LogP) is 1.97. The molecule has 0 saturated heterocycles. The summed E-state index contributed by atoms with van der Waals surface area (Å²) >= 11 is 0. The number of aromatic hydroxyl groups is 1. The molecule has 0 radical (unpaired) electrons. The van der Waals surface area contributed by atoms with Gasteiger partial charge in [-0.2, -0.15) is 14.0 Å². The monoisotopic (exact) mass is 271 g/mol. The number of nitrogens with zero attached hydrogens (tertiary/aromatic N) is 1. The first-order valence-corrected chi connectivity index (χ1v) is 5.34. The summed E-state index contributed by atoms with van der Waals surface area (Å²) in [5.74, 6) is -1.40. The van der Waals surface area contributed by atoms with Gasteiger partial charge in [0.1, 0.15) is 17.6 Å². The van der Waals surface area contributed by atoms with Gasteiger partial charge in [0.25, 0.3) is 0 Å². The van der Waals surface area contributed by atoms with Gasteiger partial charge in [0.05, 0.1) is 18.6 Å². The lowest BCUT2D eigenvalue weighted by molar-refractivity contribution is -0.142. The predicted molar refractivity (Wildman–Crippen MR) is 59.8 cm³/mol. The Bertz CT molecular complexity index is 511. The average molecular weight is 271 g/mol. The molecule has 0 aliphatic carbocycles. The Morgan fingerprint density at radius 3 is 2.74 bits per heavy atom. The van der Waals surface area contributed by atoms with Gasteiger partial charge in [-0.1, -0.05) is 0 Å². The second-order valence-electron chi connectivity index (χ2n) is 3.45. The minimum Gasteiger partial charge on any atom is -0.507 e. The molecule has 0 amide bonds. The van der Waals surface area contributed by atoms with Crippen molar-refractivity contribution in [2.45, 2.75) is 20.0 Å². The van der Waals surface area contributed by atoms with Crippen LogP contribution in [0.15, 0.2) is 12.1 Å². The number of esters is 1. The van der Waals surface area contributed by atoms with E-state index in [1.165, 1.54) is 0 Å². The van der Waals surface area contributed by atoms with Gasteiger partial charge < -0.3 is 14.6 Å². The molecule has 1 N–H and O–H groups in total. The quantitative estimate of drug-likeness (QED) is 0.828. The first kappa shape index (κ1) is 14.7. The number of carbonyl (C=O) groups is 1. The molecule has 5 nitrogen and oxygen atoms in total. The molecular weight excluding hydrogens is 260 g/mol. The SMILES string of the molecule is CCOC(=O)Cc1cc(O)c(C#N)cc1OC(F)F. The Balaban J connectivity index is 3.10. The maximum atomic E-state index is 12.2. The Labute approximate surface area is 108 Å². The summed E-state index contributed by atoms with van der Waals surface area (Å²) in [6.45, 7) is -1.35. The molecule has 19 heavy (non-hydrogen) atoms. The van der Waals surface area contributed by atoms with Gasteiger partial charge in [0.2, 0.25) is 0 Å². The third kappa shape index (κ3) is 4.10. The van der Waals surface area contributed by atoms with Gasteiger partial charge in [-0.3, -0.25) is 4.79 Å². The summed E-state index contributed by atoms with van der Waals surface area (Å²) in [6.07, 6.45) is -0.338. The van der Waals surface area contributed by atoms with Crippen molar-refractivity contribution in [3.05, 3.63) is 23.3 Å². The van der Waals surface area contributed by atoms with Crippen LogP contribution in [0.2, 0.25) is 0 Å². The molecule has 102 valence electrons. The third-order valence-electron chi connectivity index (χ3n) is 2.16. The smallest absolute Gasteiger partial charge is 0.387 e. The molecule has 1 rings (SSSR count). The van der Waals surface area contributed by atoms with Crippen LogP contribution in [0.5, 0.6) is 11.5 Å². The van der Waals surface area contributed by atoms with Crippen molar-refractivity contribution in [2.24, 2.45) is 0 Å². The fourth-order valence-electron chi connectivity index (χ4n) is 1.41. The minimum absolute atomic E-state index is 0.0234. The standard InChI is InChI=1S/C12H11F2NO4/c1-2-18-11(17)5-7-3-9(16)8(6-15)4-10(7)19-12(13)14/h3-4,12,16H,2,5H2,1H3. The van der Waals surface area contributed by atoms with E-state index in [1.54, 1.807) is 13.0 Å². The Morgan fingerprint density at radius 2 is 2.21 bits per heavy atom. The number of alkyl halides is 2. The van der Waals surface area contributed by atoms with Crippen LogP contribution in [0.4, 0.5) is 8.78 Å². The zero-order valence-electron chi connectivity index (χ0n) is 10.0. The van der Waals surface area contributed by atoms with Crippen LogP contribution in [-0.2, 0) is 16.0 Å². The molecule has 0 unspecified atom stereocenters. The van der Waals surface area contributed by atoms with E-state index >= 15 is 0 Å². The Kier molecular flexibility index (Phi) is 5.06. The molecular formula is C12H11F2NO4. The van der Waals surface area contributed by atoms with Crippen molar-refractivity contribution in [1.82, 2.24) is 0 Å². The number of halogens is 2. The molecule has 0 heterocycles. The molecule has 7 heteroatoms. The zero-order valence-corrected chi connectivity index (χ0v) is 10.0. The molecule has 0 aliphatic rings. The summed E-state index contributed by atoms with van der Waals surface area (Å²) in [5.41, 5.74) is -0.196. The van der Waals surface area contributed by atoms with Crippen molar-refractivity contribution in [3.8, 4) is 17.6 Å². The molecule has 0 spiro atoms. The minimum atomic E-state index is -3.10. The molecule has 0 aromatic heterocycles. The number of ether oxygens (including phenoxy) is 2. The number of hydrogen-bond acceptors (Lipinski definition) is 5. The van der Waals surface area contributed by atoms with E-state index in [4.69, 9.17) is 5.26 Å². The van der Waals surface area contributed by atoms with E-state index in [1.807, 2.05) is 0 Å². The number of carbonyl (C=O) groups excluding carboxylic acids is 1. The van der Waals surface area contributed by atoms with Gasteiger partial charge in [-0.15, -0.1) is 0 Å². The molecule has 1 aromatic rings. The normalized spacial score (nSPS) is 10.1. The lowest BCUT2D eigenvalue weighted by atomic mass is 10.1. The fourth-order valence-corrected chi connectivity index (χ4v) is 1.41. The summed E-state index contributed by atoms with van der Waals surface area (Å²) in [6, 6.07) is 3.61. The van der Waals surface area contributed by atoms with Crippen molar-refractivity contribution >= 4 is 5.97 Å². The lowest BCUT2D eigenvalue weighted by Gasteiger charge is -2.11. The summed E-state index contributed by atoms with van der Waals surface area (Å²) in [7, 11) is 0. The highest BCUT2D eigenvalue weighted by Gasteiger charge is 2.17. The Hall–Kier alpha value is -2.36. The summed E-state index contributed by atoms with van der Waals surface area (Å²) < 4.78 is 33.4. The average Bonchev–Trinajstić information content (AvgIpc) is 2.32. The summed E-state index contributed by atoms with van der Waals surface area (Å²) in [4.78, 5) is 11.3. The van der Waals surface area contributed by atoms with Crippen LogP contribution in [0.25, 0.3) is 0 Å². The zero-order chi connectivity index (χ0) is 14.4. The number of hydrogen-bond donors (Lipinski definition) is 1. The second kappa shape index (κ2) is 6.54. The fraction of sp³-hybridized carbons (Fsp3) is 0.333. The third-order valence-corrected chi connectivity index (χ3v) is 2.16. The first-order valence-electron chi connectivity index (χ1n) is 5.34. The van der Waals surface area contributed by atoms with Crippen LogP contribution in [-0.4, -0.2) is 24.3 Å². The van der Waals surface area contributed by atoms with Crippen LogP contribution in [0.3, 0.4) is 0 Å². The van der Waals surface area contributed by atoms with Crippen LogP contribution >= 0.6 is 0 Å². The van der Waals surface area contributed by atoms with Gasteiger partial charge in [-0.05, 0) is 13.0 Å².